The highest BCUT2D eigenvalue weighted by atomic mass is 16.5. The molecule has 0 aliphatic heterocycles. The van der Waals surface area contributed by atoms with Gasteiger partial charge in [-0.1, -0.05) is 20.3 Å². The summed E-state index contributed by atoms with van der Waals surface area (Å²) in [5, 5.41) is 0. The lowest BCUT2D eigenvalue weighted by atomic mass is 9.79. The van der Waals surface area contributed by atoms with Gasteiger partial charge in [0, 0.05) is 11.5 Å². The number of methoxy groups -OCH3 is 1. The van der Waals surface area contributed by atoms with Gasteiger partial charge >= 0.3 is 0 Å². The van der Waals surface area contributed by atoms with E-state index in [9.17, 15) is 4.79 Å². The van der Waals surface area contributed by atoms with Crippen LogP contribution in [0.5, 0.6) is 5.75 Å². The molecule has 1 aromatic carbocycles. The fourth-order valence-electron chi connectivity index (χ4n) is 2.24. The van der Waals surface area contributed by atoms with Gasteiger partial charge in [0.25, 0.3) is 0 Å². The summed E-state index contributed by atoms with van der Waals surface area (Å²) in [6, 6.07) is 5.82. The van der Waals surface area contributed by atoms with Gasteiger partial charge in [0.2, 0.25) is 0 Å². The van der Waals surface area contributed by atoms with Crippen molar-refractivity contribution in [2.75, 3.05) is 7.11 Å². The number of carbonyl (C=O) groups excluding carboxylic acids is 1. The summed E-state index contributed by atoms with van der Waals surface area (Å²) in [7, 11) is 1.68. The molecular formula is C15H20O2. The monoisotopic (exact) mass is 232 g/mol. The minimum absolute atomic E-state index is 0.267. The number of ketones is 1. The number of hydrogen-bond donors (Lipinski definition) is 0. The summed E-state index contributed by atoms with van der Waals surface area (Å²) in [6.45, 7) is 4.24. The first-order valence-corrected chi connectivity index (χ1v) is 6.35. The highest BCUT2D eigenvalue weighted by Gasteiger charge is 2.26. The van der Waals surface area contributed by atoms with Crippen molar-refractivity contribution in [2.45, 2.75) is 39.0 Å². The molecule has 0 spiro atoms. The molecule has 0 atom stereocenters. The third-order valence-corrected chi connectivity index (χ3v) is 3.61. The molecule has 1 fully saturated rings. The number of benzene rings is 1. The second-order valence-corrected chi connectivity index (χ2v) is 5.10. The maximum absolute atomic E-state index is 12.2. The van der Waals surface area contributed by atoms with Crippen LogP contribution in [-0.4, -0.2) is 12.9 Å². The van der Waals surface area contributed by atoms with E-state index in [4.69, 9.17) is 4.74 Å². The molecular weight excluding hydrogens is 212 g/mol. The topological polar surface area (TPSA) is 26.3 Å². The van der Waals surface area contributed by atoms with Gasteiger partial charge < -0.3 is 4.74 Å². The van der Waals surface area contributed by atoms with Crippen LogP contribution in [0.2, 0.25) is 0 Å². The van der Waals surface area contributed by atoms with Crippen molar-refractivity contribution in [1.82, 2.24) is 0 Å². The lowest BCUT2D eigenvalue weighted by Crippen LogP contribution is -2.22. The van der Waals surface area contributed by atoms with E-state index in [1.807, 2.05) is 18.2 Å². The summed E-state index contributed by atoms with van der Waals surface area (Å²) >= 11 is 0. The normalized spacial score (nSPS) is 15.8. The van der Waals surface area contributed by atoms with Crippen molar-refractivity contribution in [3.8, 4) is 5.75 Å². The molecule has 1 aliphatic carbocycles. The third kappa shape index (κ3) is 2.36. The fraction of sp³-hybridized carbons (Fsp3) is 0.533. The molecule has 17 heavy (non-hydrogen) atoms. The van der Waals surface area contributed by atoms with Gasteiger partial charge in [-0.25, -0.2) is 0 Å². The number of rotatable bonds is 4. The first-order valence-electron chi connectivity index (χ1n) is 6.35. The Morgan fingerprint density at radius 1 is 1.35 bits per heavy atom. The Kier molecular flexibility index (Phi) is 3.51. The summed E-state index contributed by atoms with van der Waals surface area (Å²) < 4.78 is 5.33. The zero-order valence-electron chi connectivity index (χ0n) is 10.8. The molecule has 0 radical (unpaired) electrons. The summed E-state index contributed by atoms with van der Waals surface area (Å²) in [5.74, 6) is 1.83. The molecule has 1 saturated carbocycles. The number of ether oxygens (including phenoxy) is 1. The Morgan fingerprint density at radius 2 is 2.06 bits per heavy atom. The highest BCUT2D eigenvalue weighted by Crippen LogP contribution is 2.32. The summed E-state index contributed by atoms with van der Waals surface area (Å²) in [4.78, 5) is 12.2. The van der Waals surface area contributed by atoms with Gasteiger partial charge in [0.15, 0.2) is 5.78 Å². The minimum atomic E-state index is 0.267. The maximum atomic E-state index is 12.2. The van der Waals surface area contributed by atoms with Gasteiger partial charge in [-0.15, -0.1) is 0 Å². The van der Waals surface area contributed by atoms with Gasteiger partial charge in [-0.2, -0.15) is 0 Å². The highest BCUT2D eigenvalue weighted by molar-refractivity contribution is 5.98. The Bertz CT molecular complexity index is 417. The molecule has 0 amide bonds. The van der Waals surface area contributed by atoms with Crippen LogP contribution >= 0.6 is 0 Å². The van der Waals surface area contributed by atoms with E-state index >= 15 is 0 Å². The van der Waals surface area contributed by atoms with Crippen LogP contribution in [0.15, 0.2) is 18.2 Å². The second kappa shape index (κ2) is 4.91. The van der Waals surface area contributed by atoms with Crippen molar-refractivity contribution in [2.24, 2.45) is 5.92 Å². The van der Waals surface area contributed by atoms with Crippen molar-refractivity contribution in [3.63, 3.8) is 0 Å². The van der Waals surface area contributed by atoms with Crippen LogP contribution in [0.25, 0.3) is 0 Å². The number of Topliss-reactive ketones (excluding diaryl/α,β-unsaturated/α-hetero) is 1. The number of hydrogen-bond acceptors (Lipinski definition) is 2. The Hall–Kier alpha value is -1.31. The zero-order chi connectivity index (χ0) is 12.4. The molecule has 0 heterocycles. The zero-order valence-corrected chi connectivity index (χ0v) is 10.8. The maximum Gasteiger partial charge on any atom is 0.165 e. The molecule has 1 aromatic rings. The van der Waals surface area contributed by atoms with E-state index in [1.165, 1.54) is 6.42 Å². The van der Waals surface area contributed by atoms with E-state index < -0.39 is 0 Å². The molecule has 92 valence electrons. The molecule has 2 rings (SSSR count). The molecule has 2 nitrogen and oxygen atoms in total. The molecule has 0 bridgehead atoms. The van der Waals surface area contributed by atoms with Crippen LogP contribution in [0.4, 0.5) is 0 Å². The first-order chi connectivity index (χ1) is 8.13. The fourth-order valence-corrected chi connectivity index (χ4v) is 2.24. The minimum Gasteiger partial charge on any atom is -0.496 e. The third-order valence-electron chi connectivity index (χ3n) is 3.61. The summed E-state index contributed by atoms with van der Waals surface area (Å²) in [6.07, 6.45) is 3.31. The quantitative estimate of drug-likeness (QED) is 0.738. The van der Waals surface area contributed by atoms with Crippen LogP contribution in [0, 0.1) is 5.92 Å². The van der Waals surface area contributed by atoms with E-state index in [0.717, 1.165) is 29.7 Å². The SMILES string of the molecule is COc1ccc(C(=O)C2CCC2)cc1C(C)C. The molecule has 0 saturated heterocycles. The molecule has 0 aromatic heterocycles. The average Bonchev–Trinajstić information content (AvgIpc) is 2.25. The van der Waals surface area contributed by atoms with Gasteiger partial charge in [-0.05, 0) is 42.5 Å². The lowest BCUT2D eigenvalue weighted by Gasteiger charge is -2.24. The van der Waals surface area contributed by atoms with Crippen molar-refractivity contribution < 1.29 is 9.53 Å². The van der Waals surface area contributed by atoms with Gasteiger partial charge in [0.05, 0.1) is 7.11 Å². The predicted octanol–water partition coefficient (Wildman–Crippen LogP) is 3.80. The molecule has 2 heteroatoms. The van der Waals surface area contributed by atoms with Crippen molar-refractivity contribution in [1.29, 1.82) is 0 Å². The molecule has 1 aliphatic rings. The van der Waals surface area contributed by atoms with Crippen LogP contribution < -0.4 is 4.74 Å². The lowest BCUT2D eigenvalue weighted by molar-refractivity contribution is 0.0855. The van der Waals surface area contributed by atoms with E-state index in [0.29, 0.717) is 11.7 Å². The van der Waals surface area contributed by atoms with E-state index in [2.05, 4.69) is 13.8 Å². The predicted molar refractivity (Wildman–Crippen MR) is 68.8 cm³/mol. The Labute approximate surface area is 103 Å². The van der Waals surface area contributed by atoms with Crippen molar-refractivity contribution in [3.05, 3.63) is 29.3 Å². The van der Waals surface area contributed by atoms with Crippen LogP contribution in [0.3, 0.4) is 0 Å². The Balaban J connectivity index is 2.29. The van der Waals surface area contributed by atoms with Crippen molar-refractivity contribution >= 4 is 5.78 Å². The average molecular weight is 232 g/mol. The van der Waals surface area contributed by atoms with Crippen LogP contribution in [0.1, 0.15) is 54.9 Å². The smallest absolute Gasteiger partial charge is 0.165 e. The van der Waals surface area contributed by atoms with E-state index in [1.54, 1.807) is 7.11 Å². The van der Waals surface area contributed by atoms with Crippen LogP contribution in [-0.2, 0) is 0 Å². The number of carbonyl (C=O) groups is 1. The molecule has 0 unspecified atom stereocenters. The largest absolute Gasteiger partial charge is 0.496 e. The van der Waals surface area contributed by atoms with Gasteiger partial charge in [0.1, 0.15) is 5.75 Å². The summed E-state index contributed by atoms with van der Waals surface area (Å²) in [5.41, 5.74) is 1.97. The Morgan fingerprint density at radius 3 is 2.53 bits per heavy atom. The standard InChI is InChI=1S/C15H20O2/c1-10(2)13-9-12(7-8-14(13)17-3)15(16)11-5-4-6-11/h7-11H,4-6H2,1-3H3. The van der Waals surface area contributed by atoms with E-state index in [-0.39, 0.29) is 5.92 Å². The second-order valence-electron chi connectivity index (χ2n) is 5.10. The van der Waals surface area contributed by atoms with Gasteiger partial charge in [-0.3, -0.25) is 4.79 Å². The molecule has 0 N–H and O–H groups in total. The first kappa shape index (κ1) is 12.2.